The molecule has 0 saturated carbocycles. The Labute approximate surface area is 221 Å². The van der Waals surface area contributed by atoms with Crippen LogP contribution in [0.1, 0.15) is 52.5 Å². The summed E-state index contributed by atoms with van der Waals surface area (Å²) in [5, 5.41) is 1.94. The third-order valence-corrected chi connectivity index (χ3v) is 7.02. The molecule has 9 nitrogen and oxygen atoms in total. The lowest BCUT2D eigenvalue weighted by Gasteiger charge is -2.32. The van der Waals surface area contributed by atoms with E-state index < -0.39 is 28.6 Å². The number of benzene rings is 1. The van der Waals surface area contributed by atoms with E-state index in [1.165, 1.54) is 6.92 Å². The van der Waals surface area contributed by atoms with E-state index in [9.17, 15) is 19.2 Å². The standard InChI is InChI=1S/C25H34N2O7S2/c1-5-32-22(30)25(26-17(4)28,23(31)33-6-2)16-19(36-24(35)34-7-3)12-13-21(29)27-15-14-18-10-8-9-11-20(18)27/h8-11,19H,5-7,12-16H2,1-4H3,(H,26,28). The number of para-hydroxylation sites is 1. The smallest absolute Gasteiger partial charge is 0.343 e. The number of thioether (sulfide) groups is 1. The molecular formula is C25H34N2O7S2. The number of hydrogen-bond donors (Lipinski definition) is 1. The Bertz CT molecular complexity index is 951. The van der Waals surface area contributed by atoms with E-state index in [1.54, 1.807) is 25.7 Å². The number of hydrogen-bond acceptors (Lipinski definition) is 9. The average Bonchev–Trinajstić information content (AvgIpc) is 3.26. The molecule has 0 saturated heterocycles. The van der Waals surface area contributed by atoms with E-state index in [2.05, 4.69) is 5.32 Å². The molecule has 1 N–H and O–H groups in total. The fraction of sp³-hybridized carbons (Fsp3) is 0.560. The molecule has 1 aliphatic rings. The second kappa shape index (κ2) is 14.2. The Morgan fingerprint density at radius 3 is 2.25 bits per heavy atom. The van der Waals surface area contributed by atoms with Gasteiger partial charge >= 0.3 is 11.9 Å². The van der Waals surface area contributed by atoms with Crippen molar-refractivity contribution in [2.75, 3.05) is 31.3 Å². The maximum Gasteiger partial charge on any atom is 0.343 e. The van der Waals surface area contributed by atoms with Crippen molar-refractivity contribution in [1.29, 1.82) is 0 Å². The number of amides is 2. The highest BCUT2D eigenvalue weighted by Gasteiger charge is 2.51. The van der Waals surface area contributed by atoms with Crippen molar-refractivity contribution in [3.05, 3.63) is 29.8 Å². The van der Waals surface area contributed by atoms with Crippen molar-refractivity contribution in [3.8, 4) is 0 Å². The monoisotopic (exact) mass is 538 g/mol. The van der Waals surface area contributed by atoms with Gasteiger partial charge in [-0.05, 0) is 57.5 Å². The highest BCUT2D eigenvalue weighted by molar-refractivity contribution is 8.23. The first kappa shape index (κ1) is 29.6. The van der Waals surface area contributed by atoms with Crippen molar-refractivity contribution in [2.24, 2.45) is 0 Å². The number of nitrogens with zero attached hydrogens (tertiary/aromatic N) is 1. The fourth-order valence-corrected chi connectivity index (χ4v) is 5.61. The predicted molar refractivity (Wildman–Crippen MR) is 142 cm³/mol. The molecule has 0 spiro atoms. The zero-order valence-corrected chi connectivity index (χ0v) is 22.8. The van der Waals surface area contributed by atoms with Crippen LogP contribution in [-0.4, -0.2) is 65.3 Å². The van der Waals surface area contributed by atoms with Crippen molar-refractivity contribution in [3.63, 3.8) is 0 Å². The summed E-state index contributed by atoms with van der Waals surface area (Å²) < 4.78 is 16.0. The van der Waals surface area contributed by atoms with Crippen LogP contribution in [0.3, 0.4) is 0 Å². The molecule has 1 unspecified atom stereocenters. The molecule has 0 aromatic heterocycles. The quantitative estimate of drug-likeness (QED) is 0.244. The van der Waals surface area contributed by atoms with Gasteiger partial charge in [-0.25, -0.2) is 9.59 Å². The topological polar surface area (TPSA) is 111 Å². The van der Waals surface area contributed by atoms with Gasteiger partial charge in [0.25, 0.3) is 0 Å². The Balaban J connectivity index is 2.31. The van der Waals surface area contributed by atoms with Gasteiger partial charge in [0.15, 0.2) is 0 Å². The number of thiocarbonyl (C=S) groups is 1. The van der Waals surface area contributed by atoms with E-state index in [0.717, 1.165) is 29.4 Å². The second-order valence-electron chi connectivity index (χ2n) is 8.12. The third-order valence-electron chi connectivity index (χ3n) is 5.56. The van der Waals surface area contributed by atoms with Gasteiger partial charge in [-0.2, -0.15) is 0 Å². The molecule has 0 aliphatic carbocycles. The summed E-state index contributed by atoms with van der Waals surface area (Å²) in [6.07, 6.45) is 1.01. The largest absolute Gasteiger partial charge is 0.479 e. The number of fused-ring (bicyclic) bond motifs is 1. The predicted octanol–water partition coefficient (Wildman–Crippen LogP) is 3.17. The minimum atomic E-state index is -2.08. The number of anilines is 1. The van der Waals surface area contributed by atoms with E-state index >= 15 is 0 Å². The maximum atomic E-state index is 13.1. The van der Waals surface area contributed by atoms with Crippen LogP contribution < -0.4 is 10.2 Å². The van der Waals surface area contributed by atoms with E-state index in [-0.39, 0.29) is 42.8 Å². The van der Waals surface area contributed by atoms with Gasteiger partial charge in [-0.1, -0.05) is 30.0 Å². The molecule has 11 heteroatoms. The van der Waals surface area contributed by atoms with Crippen molar-refractivity contribution in [1.82, 2.24) is 5.32 Å². The molecule has 1 aromatic carbocycles. The average molecular weight is 539 g/mol. The fourth-order valence-electron chi connectivity index (χ4n) is 4.06. The summed E-state index contributed by atoms with van der Waals surface area (Å²) in [6.45, 7) is 7.13. The first-order valence-electron chi connectivity index (χ1n) is 12.0. The Morgan fingerprint density at radius 1 is 1.06 bits per heavy atom. The van der Waals surface area contributed by atoms with E-state index in [1.807, 2.05) is 24.3 Å². The first-order valence-corrected chi connectivity index (χ1v) is 13.3. The van der Waals surface area contributed by atoms with Crippen molar-refractivity contribution < 1.29 is 33.4 Å². The number of ether oxygens (including phenoxy) is 3. The second-order valence-corrected chi connectivity index (χ2v) is 10.0. The summed E-state index contributed by atoms with van der Waals surface area (Å²) in [4.78, 5) is 53.1. The number of nitrogens with one attached hydrogen (secondary N) is 1. The number of esters is 2. The zero-order valence-electron chi connectivity index (χ0n) is 21.2. The summed E-state index contributed by atoms with van der Waals surface area (Å²) >= 11 is 6.44. The normalized spacial score (nSPS) is 13.4. The molecule has 1 aromatic rings. The van der Waals surface area contributed by atoms with Crippen LogP contribution in [0, 0.1) is 0 Å². The highest BCUT2D eigenvalue weighted by Crippen LogP contribution is 2.32. The molecule has 1 atom stereocenters. The Hall–Kier alpha value is -2.66. The first-order chi connectivity index (χ1) is 17.2. The van der Waals surface area contributed by atoms with Crippen LogP contribution in [0.4, 0.5) is 5.69 Å². The summed E-state index contributed by atoms with van der Waals surface area (Å²) in [6, 6.07) is 7.76. The van der Waals surface area contributed by atoms with Gasteiger partial charge in [-0.3, -0.25) is 9.59 Å². The van der Waals surface area contributed by atoms with Crippen LogP contribution in [0.15, 0.2) is 24.3 Å². The Kier molecular flexibility index (Phi) is 11.6. The summed E-state index contributed by atoms with van der Waals surface area (Å²) in [5.41, 5.74) is -0.0774. The minimum absolute atomic E-state index is 0.00158. The third kappa shape index (κ3) is 7.67. The van der Waals surface area contributed by atoms with Crippen LogP contribution in [0.5, 0.6) is 0 Å². The van der Waals surface area contributed by atoms with Gasteiger partial charge in [0.05, 0.1) is 19.8 Å². The molecule has 1 aliphatic heterocycles. The lowest BCUT2D eigenvalue weighted by atomic mass is 9.91. The minimum Gasteiger partial charge on any atom is -0.479 e. The SMILES string of the molecule is CCOC(=O)C(CC(CCC(=O)N1CCc2ccccc21)SC(=S)OCC)(NC(C)=O)C(=O)OCC. The molecule has 2 amide bonds. The molecule has 36 heavy (non-hydrogen) atoms. The molecule has 1 heterocycles. The summed E-state index contributed by atoms with van der Waals surface area (Å²) in [5.74, 6) is -2.53. The number of carbonyl (C=O) groups excluding carboxylic acids is 4. The van der Waals surface area contributed by atoms with E-state index in [4.69, 9.17) is 26.4 Å². The highest BCUT2D eigenvalue weighted by atomic mass is 32.2. The lowest BCUT2D eigenvalue weighted by molar-refractivity contribution is -0.168. The zero-order chi connectivity index (χ0) is 26.7. The maximum absolute atomic E-state index is 13.1. The molecule has 0 radical (unpaired) electrons. The van der Waals surface area contributed by atoms with Crippen molar-refractivity contribution in [2.45, 2.75) is 64.2 Å². The van der Waals surface area contributed by atoms with Gasteiger partial charge in [0.2, 0.25) is 21.7 Å². The van der Waals surface area contributed by atoms with E-state index in [0.29, 0.717) is 13.2 Å². The van der Waals surface area contributed by atoms with Gasteiger partial charge in [0, 0.05) is 37.2 Å². The molecule has 0 bridgehead atoms. The molecular weight excluding hydrogens is 504 g/mol. The van der Waals surface area contributed by atoms with Crippen LogP contribution in [0.25, 0.3) is 0 Å². The van der Waals surface area contributed by atoms with Crippen LogP contribution >= 0.6 is 24.0 Å². The van der Waals surface area contributed by atoms with Gasteiger partial charge < -0.3 is 24.4 Å². The van der Waals surface area contributed by atoms with Crippen LogP contribution in [0.2, 0.25) is 0 Å². The van der Waals surface area contributed by atoms with Crippen molar-refractivity contribution >= 4 is 57.8 Å². The Morgan fingerprint density at radius 2 is 1.67 bits per heavy atom. The lowest BCUT2D eigenvalue weighted by Crippen LogP contribution is -2.62. The van der Waals surface area contributed by atoms with Gasteiger partial charge in [0.1, 0.15) is 0 Å². The van der Waals surface area contributed by atoms with Gasteiger partial charge in [-0.15, -0.1) is 0 Å². The molecule has 2 rings (SSSR count). The number of carbonyl (C=O) groups is 4. The number of rotatable bonds is 12. The summed E-state index contributed by atoms with van der Waals surface area (Å²) in [7, 11) is 0. The molecule has 0 fully saturated rings. The molecule has 198 valence electrons. The van der Waals surface area contributed by atoms with Crippen LogP contribution in [-0.2, 0) is 39.8 Å².